The molecule has 0 aromatic rings. The summed E-state index contributed by atoms with van der Waals surface area (Å²) in [5.74, 6) is 0.562. The van der Waals surface area contributed by atoms with E-state index in [4.69, 9.17) is 0 Å². The van der Waals surface area contributed by atoms with Gasteiger partial charge in [-0.15, -0.1) is 0 Å². The maximum Gasteiger partial charge on any atom is 0.137 e. The maximum atomic E-state index is 11.2. The summed E-state index contributed by atoms with van der Waals surface area (Å²) in [7, 11) is 0. The predicted octanol–water partition coefficient (Wildman–Crippen LogP) is 0.964. The monoisotopic (exact) mass is 141 g/mol. The fourth-order valence-corrected chi connectivity index (χ4v) is 0.865. The van der Waals surface area contributed by atoms with E-state index in [0.29, 0.717) is 12.2 Å². The van der Waals surface area contributed by atoms with Crippen molar-refractivity contribution in [3.63, 3.8) is 0 Å². The lowest BCUT2D eigenvalue weighted by atomic mass is 9.98. The summed E-state index contributed by atoms with van der Waals surface area (Å²) >= 11 is 0. The van der Waals surface area contributed by atoms with Gasteiger partial charge in [0, 0.05) is 24.4 Å². The summed E-state index contributed by atoms with van der Waals surface area (Å²) in [6.45, 7) is 7.00. The molecule has 0 aliphatic carbocycles. The Bertz CT molecular complexity index is 147. The van der Waals surface area contributed by atoms with Crippen LogP contribution in [-0.4, -0.2) is 17.9 Å². The van der Waals surface area contributed by atoms with Gasteiger partial charge >= 0.3 is 0 Å². The number of carbonyl (C=O) groups excluding carboxylic acids is 1. The van der Waals surface area contributed by atoms with E-state index < -0.39 is 0 Å². The minimum atomic E-state index is 0.154. The van der Waals surface area contributed by atoms with E-state index in [-0.39, 0.29) is 11.5 Å². The summed E-state index contributed by atoms with van der Waals surface area (Å²) in [4.78, 5) is 11.2. The summed E-state index contributed by atoms with van der Waals surface area (Å²) in [5, 5.41) is 3.18. The Morgan fingerprint density at radius 1 is 1.70 bits per heavy atom. The third kappa shape index (κ3) is 1.81. The normalized spacial score (nSPS) is 30.8. The van der Waals surface area contributed by atoms with Crippen LogP contribution in [0.3, 0.4) is 0 Å². The largest absolute Gasteiger partial charge is 0.308 e. The van der Waals surface area contributed by atoms with E-state index in [9.17, 15) is 4.79 Å². The van der Waals surface area contributed by atoms with E-state index in [1.54, 1.807) is 0 Å². The molecule has 1 atom stereocenters. The van der Waals surface area contributed by atoms with Gasteiger partial charge in [0.15, 0.2) is 0 Å². The molecule has 1 heterocycles. The van der Waals surface area contributed by atoms with Crippen LogP contribution in [0.25, 0.3) is 0 Å². The van der Waals surface area contributed by atoms with Gasteiger partial charge in [-0.2, -0.15) is 0 Å². The average molecular weight is 141 g/mol. The van der Waals surface area contributed by atoms with E-state index in [0.717, 1.165) is 6.54 Å². The second-order valence-electron chi connectivity index (χ2n) is 3.71. The van der Waals surface area contributed by atoms with E-state index in [1.165, 1.54) is 0 Å². The first-order valence-electron chi connectivity index (χ1n) is 3.81. The number of carbonyl (C=O) groups is 1. The molecule has 0 bridgehead atoms. The molecule has 1 fully saturated rings. The summed E-state index contributed by atoms with van der Waals surface area (Å²) in [6.07, 6.45) is 0.699. The Morgan fingerprint density at radius 2 is 2.20 bits per heavy atom. The minimum Gasteiger partial charge on any atom is -0.308 e. The Hall–Kier alpha value is -0.370. The molecular weight excluding hydrogens is 126 g/mol. The standard InChI is InChI=1S/C8H15NO/c1-6(2)7(10)4-8(3)5-9-8/h6,9H,4-5H2,1-3H3. The molecule has 58 valence electrons. The first kappa shape index (κ1) is 7.73. The Morgan fingerprint density at radius 3 is 2.50 bits per heavy atom. The SMILES string of the molecule is CC(C)C(=O)CC1(C)CN1. The highest BCUT2D eigenvalue weighted by Crippen LogP contribution is 2.22. The number of hydrogen-bond acceptors (Lipinski definition) is 2. The van der Waals surface area contributed by atoms with E-state index in [1.807, 2.05) is 13.8 Å². The molecule has 0 amide bonds. The van der Waals surface area contributed by atoms with Crippen molar-refractivity contribution in [3.05, 3.63) is 0 Å². The molecule has 2 nitrogen and oxygen atoms in total. The van der Waals surface area contributed by atoms with Crippen molar-refractivity contribution in [1.29, 1.82) is 0 Å². The molecule has 1 rings (SSSR count). The molecule has 0 spiro atoms. The Balaban J connectivity index is 2.31. The van der Waals surface area contributed by atoms with Crippen LogP contribution in [0, 0.1) is 5.92 Å². The molecule has 0 radical (unpaired) electrons. The minimum absolute atomic E-state index is 0.154. The molecule has 1 N–H and O–H groups in total. The fourth-order valence-electron chi connectivity index (χ4n) is 0.865. The average Bonchev–Trinajstić information content (AvgIpc) is 2.47. The molecule has 1 saturated heterocycles. The van der Waals surface area contributed by atoms with Gasteiger partial charge < -0.3 is 5.32 Å². The highest BCUT2D eigenvalue weighted by Gasteiger charge is 2.38. The highest BCUT2D eigenvalue weighted by atomic mass is 16.1. The third-order valence-electron chi connectivity index (χ3n) is 1.99. The number of ketones is 1. The van der Waals surface area contributed by atoms with Gasteiger partial charge in [-0.25, -0.2) is 0 Å². The number of nitrogens with one attached hydrogen (secondary N) is 1. The van der Waals surface area contributed by atoms with Crippen LogP contribution in [0.5, 0.6) is 0 Å². The zero-order valence-corrected chi connectivity index (χ0v) is 6.90. The number of Topliss-reactive ketones (excluding diaryl/α,β-unsaturated/α-hetero) is 1. The van der Waals surface area contributed by atoms with Gasteiger partial charge in [-0.1, -0.05) is 13.8 Å². The van der Waals surface area contributed by atoms with Crippen LogP contribution in [0.15, 0.2) is 0 Å². The second-order valence-corrected chi connectivity index (χ2v) is 3.71. The predicted molar refractivity (Wildman–Crippen MR) is 40.9 cm³/mol. The van der Waals surface area contributed by atoms with Crippen molar-refractivity contribution in [1.82, 2.24) is 5.32 Å². The topological polar surface area (TPSA) is 39.0 Å². The molecule has 1 aliphatic rings. The molecule has 1 unspecified atom stereocenters. The van der Waals surface area contributed by atoms with Crippen LogP contribution in [0.4, 0.5) is 0 Å². The number of rotatable bonds is 3. The summed E-state index contributed by atoms with van der Waals surface area (Å²) < 4.78 is 0. The number of hydrogen-bond donors (Lipinski definition) is 1. The molecule has 0 aromatic heterocycles. The van der Waals surface area contributed by atoms with Gasteiger partial charge in [0.1, 0.15) is 5.78 Å². The van der Waals surface area contributed by atoms with Crippen molar-refractivity contribution in [2.24, 2.45) is 5.92 Å². The molecule has 0 saturated carbocycles. The smallest absolute Gasteiger partial charge is 0.137 e. The maximum absolute atomic E-state index is 11.2. The molecular formula is C8H15NO. The van der Waals surface area contributed by atoms with Crippen molar-refractivity contribution < 1.29 is 4.79 Å². The van der Waals surface area contributed by atoms with Crippen LogP contribution >= 0.6 is 0 Å². The first-order chi connectivity index (χ1) is 4.53. The highest BCUT2D eigenvalue weighted by molar-refractivity contribution is 5.81. The van der Waals surface area contributed by atoms with Gasteiger partial charge in [-0.3, -0.25) is 4.79 Å². The van der Waals surface area contributed by atoms with Gasteiger partial charge in [0.05, 0.1) is 0 Å². The third-order valence-corrected chi connectivity index (χ3v) is 1.99. The van der Waals surface area contributed by atoms with E-state index >= 15 is 0 Å². The van der Waals surface area contributed by atoms with Crippen molar-refractivity contribution in [2.75, 3.05) is 6.54 Å². The van der Waals surface area contributed by atoms with Crippen molar-refractivity contribution >= 4 is 5.78 Å². The quantitative estimate of drug-likeness (QED) is 0.595. The summed E-state index contributed by atoms with van der Waals surface area (Å²) in [5.41, 5.74) is 0.154. The Kier molecular flexibility index (Phi) is 1.82. The summed E-state index contributed by atoms with van der Waals surface area (Å²) in [6, 6.07) is 0. The van der Waals surface area contributed by atoms with E-state index in [2.05, 4.69) is 12.2 Å². The second kappa shape index (κ2) is 2.35. The zero-order chi connectivity index (χ0) is 7.78. The van der Waals surface area contributed by atoms with Crippen LogP contribution in [0.1, 0.15) is 27.2 Å². The first-order valence-corrected chi connectivity index (χ1v) is 3.81. The Labute approximate surface area is 62.0 Å². The van der Waals surface area contributed by atoms with Gasteiger partial charge in [-0.05, 0) is 6.92 Å². The molecule has 2 heteroatoms. The van der Waals surface area contributed by atoms with Gasteiger partial charge in [0.2, 0.25) is 0 Å². The van der Waals surface area contributed by atoms with Crippen LogP contribution < -0.4 is 5.32 Å². The molecule has 0 aromatic carbocycles. The lowest BCUT2D eigenvalue weighted by Gasteiger charge is -2.07. The van der Waals surface area contributed by atoms with Crippen molar-refractivity contribution in [3.8, 4) is 0 Å². The molecule has 10 heavy (non-hydrogen) atoms. The molecule has 1 aliphatic heterocycles. The van der Waals surface area contributed by atoms with Crippen LogP contribution in [-0.2, 0) is 4.79 Å². The van der Waals surface area contributed by atoms with Crippen molar-refractivity contribution in [2.45, 2.75) is 32.7 Å². The zero-order valence-electron chi connectivity index (χ0n) is 6.90. The lowest BCUT2D eigenvalue weighted by molar-refractivity contribution is -0.122. The van der Waals surface area contributed by atoms with Gasteiger partial charge in [0.25, 0.3) is 0 Å². The van der Waals surface area contributed by atoms with Crippen LogP contribution in [0.2, 0.25) is 0 Å². The fraction of sp³-hybridized carbons (Fsp3) is 0.875. The lowest BCUT2D eigenvalue weighted by Crippen LogP contribution is -2.19.